The first kappa shape index (κ1) is 23.6. The minimum Gasteiger partial charge on any atom is -0.404 e. The van der Waals surface area contributed by atoms with Crippen LogP contribution >= 0.6 is 0 Å². The Morgan fingerprint density at radius 3 is 2.77 bits per heavy atom. The second kappa shape index (κ2) is 11.1. The van der Waals surface area contributed by atoms with Crippen LogP contribution in [0.3, 0.4) is 0 Å². The first-order valence-electron chi connectivity index (χ1n) is 12.5. The lowest BCUT2D eigenvalue weighted by molar-refractivity contribution is 0.0342. The number of nitrogens with zero attached hydrogens (tertiary/aromatic N) is 4. The van der Waals surface area contributed by atoms with Gasteiger partial charge in [0.05, 0.1) is 42.2 Å². The van der Waals surface area contributed by atoms with E-state index in [9.17, 15) is 0 Å². The molecule has 0 spiro atoms. The van der Waals surface area contributed by atoms with Crippen LogP contribution in [0.25, 0.3) is 27.7 Å². The van der Waals surface area contributed by atoms with Gasteiger partial charge in [0.25, 0.3) is 0 Å². The third-order valence-corrected chi connectivity index (χ3v) is 6.87. The fourth-order valence-electron chi connectivity index (χ4n) is 4.87. The number of nitrogens with two attached hydrogens (primary N) is 1. The summed E-state index contributed by atoms with van der Waals surface area (Å²) in [6.45, 7) is 8.74. The van der Waals surface area contributed by atoms with Gasteiger partial charge in [-0.15, -0.1) is 0 Å². The second-order valence-corrected chi connectivity index (χ2v) is 9.35. The number of aliphatic imine (C=N–C) groups is 1. The number of allylic oxidation sites excluding steroid dienone is 1. The standard InChI is InChI=1S/C28H34N6O/c1-20-15-21(19-34-11-13-35-14-12-34)5-6-24(20)25-3-2-4-26-28(25)33-27(18-32-26)22(16-29)17-31-23-7-9-30-10-8-23/h2-6,15-18,23,30H,7-14,19,29H2,1H3/b22-16+,31-17?. The van der Waals surface area contributed by atoms with Crippen molar-refractivity contribution in [3.63, 3.8) is 0 Å². The number of hydrogen-bond acceptors (Lipinski definition) is 7. The topological polar surface area (TPSA) is 88.7 Å². The van der Waals surface area contributed by atoms with Gasteiger partial charge in [-0.3, -0.25) is 14.9 Å². The van der Waals surface area contributed by atoms with Gasteiger partial charge in [0, 0.05) is 43.2 Å². The lowest BCUT2D eigenvalue weighted by atomic mass is 9.97. The van der Waals surface area contributed by atoms with Gasteiger partial charge in [-0.1, -0.05) is 30.3 Å². The number of aryl methyl sites for hydroxylation is 1. The average Bonchev–Trinajstić information content (AvgIpc) is 2.90. The van der Waals surface area contributed by atoms with E-state index >= 15 is 0 Å². The Balaban J connectivity index is 1.43. The maximum absolute atomic E-state index is 5.99. The van der Waals surface area contributed by atoms with Crippen LogP contribution in [0.1, 0.15) is 29.7 Å². The van der Waals surface area contributed by atoms with E-state index in [1.165, 1.54) is 16.7 Å². The van der Waals surface area contributed by atoms with Crippen molar-refractivity contribution in [3.8, 4) is 11.1 Å². The number of piperidine rings is 1. The van der Waals surface area contributed by atoms with Crippen molar-refractivity contribution < 1.29 is 4.74 Å². The molecule has 5 rings (SSSR count). The van der Waals surface area contributed by atoms with Gasteiger partial charge in [0.1, 0.15) is 0 Å². The molecule has 0 bridgehead atoms. The van der Waals surface area contributed by atoms with Crippen molar-refractivity contribution in [2.75, 3.05) is 39.4 Å². The Kier molecular flexibility index (Phi) is 7.47. The lowest BCUT2D eigenvalue weighted by Crippen LogP contribution is -2.35. The molecular weight excluding hydrogens is 436 g/mol. The molecule has 2 aromatic carbocycles. The first-order valence-corrected chi connectivity index (χ1v) is 12.5. The van der Waals surface area contributed by atoms with Crippen molar-refractivity contribution in [3.05, 3.63) is 65.6 Å². The molecule has 35 heavy (non-hydrogen) atoms. The number of hydrogen-bond donors (Lipinski definition) is 2. The molecule has 1 aromatic heterocycles. The van der Waals surface area contributed by atoms with E-state index < -0.39 is 0 Å². The van der Waals surface area contributed by atoms with Gasteiger partial charge in [0.2, 0.25) is 0 Å². The number of nitrogens with one attached hydrogen (secondary N) is 1. The molecule has 0 atom stereocenters. The molecule has 0 radical (unpaired) electrons. The van der Waals surface area contributed by atoms with Crippen LogP contribution < -0.4 is 11.1 Å². The highest BCUT2D eigenvalue weighted by atomic mass is 16.5. The Bertz CT molecular complexity index is 1230. The van der Waals surface area contributed by atoms with Gasteiger partial charge in [-0.05, 0) is 55.6 Å². The Morgan fingerprint density at radius 1 is 1.17 bits per heavy atom. The molecule has 2 fully saturated rings. The summed E-state index contributed by atoms with van der Waals surface area (Å²) >= 11 is 0. The van der Waals surface area contributed by atoms with Crippen LogP contribution in [0.4, 0.5) is 0 Å². The summed E-state index contributed by atoms with van der Waals surface area (Å²) in [5, 5.41) is 3.38. The quantitative estimate of drug-likeness (QED) is 0.536. The summed E-state index contributed by atoms with van der Waals surface area (Å²) in [5.74, 6) is 0. The highest BCUT2D eigenvalue weighted by Crippen LogP contribution is 2.30. The minimum absolute atomic E-state index is 0.328. The van der Waals surface area contributed by atoms with Gasteiger partial charge in [0.15, 0.2) is 0 Å². The third-order valence-electron chi connectivity index (χ3n) is 6.87. The van der Waals surface area contributed by atoms with Crippen LogP contribution in [0.5, 0.6) is 0 Å². The molecule has 2 aliphatic heterocycles. The van der Waals surface area contributed by atoms with Crippen molar-refractivity contribution >= 4 is 22.8 Å². The largest absolute Gasteiger partial charge is 0.404 e. The van der Waals surface area contributed by atoms with E-state index in [2.05, 4.69) is 41.4 Å². The normalized spacial score (nSPS) is 18.5. The summed E-state index contributed by atoms with van der Waals surface area (Å²) in [5.41, 5.74) is 14.1. The molecule has 0 amide bonds. The van der Waals surface area contributed by atoms with Crippen molar-refractivity contribution in [2.45, 2.75) is 32.4 Å². The van der Waals surface area contributed by atoms with E-state index in [1.807, 2.05) is 18.3 Å². The average molecular weight is 471 g/mol. The summed E-state index contributed by atoms with van der Waals surface area (Å²) in [6, 6.07) is 13.2. The number of rotatable bonds is 6. The molecule has 3 heterocycles. The summed E-state index contributed by atoms with van der Waals surface area (Å²) in [7, 11) is 0. The van der Waals surface area contributed by atoms with E-state index in [-0.39, 0.29) is 0 Å². The maximum atomic E-state index is 5.99. The van der Waals surface area contributed by atoms with E-state index in [0.29, 0.717) is 6.04 Å². The SMILES string of the molecule is Cc1cc(CN2CCOCC2)ccc1-c1cccc2ncc(/C(C=NC3CCNCC3)=C/N)nc12. The molecule has 7 nitrogen and oxygen atoms in total. The third kappa shape index (κ3) is 5.59. The fourth-order valence-corrected chi connectivity index (χ4v) is 4.87. The summed E-state index contributed by atoms with van der Waals surface area (Å²) in [4.78, 5) is 16.9. The number of benzene rings is 2. The molecule has 3 N–H and O–H groups in total. The van der Waals surface area contributed by atoms with Crippen LogP contribution in [0, 0.1) is 6.92 Å². The van der Waals surface area contributed by atoms with E-state index in [0.717, 1.165) is 86.6 Å². The van der Waals surface area contributed by atoms with Crippen LogP contribution in [-0.4, -0.2) is 66.5 Å². The Hall–Kier alpha value is -3.13. The first-order chi connectivity index (χ1) is 17.2. The zero-order valence-corrected chi connectivity index (χ0v) is 20.4. The highest BCUT2D eigenvalue weighted by molar-refractivity contribution is 6.09. The number of fused-ring (bicyclic) bond motifs is 1. The maximum Gasteiger partial charge on any atom is 0.0972 e. The van der Waals surface area contributed by atoms with Gasteiger partial charge in [-0.25, -0.2) is 4.98 Å². The zero-order chi connectivity index (χ0) is 24.0. The van der Waals surface area contributed by atoms with Crippen molar-refractivity contribution in [2.24, 2.45) is 10.7 Å². The van der Waals surface area contributed by atoms with Gasteiger partial charge >= 0.3 is 0 Å². The smallest absolute Gasteiger partial charge is 0.0972 e. The van der Waals surface area contributed by atoms with Crippen LogP contribution in [-0.2, 0) is 11.3 Å². The second-order valence-electron chi connectivity index (χ2n) is 9.35. The van der Waals surface area contributed by atoms with E-state index in [4.69, 9.17) is 25.4 Å². The fraction of sp³-hybridized carbons (Fsp3) is 0.393. The molecule has 2 aliphatic rings. The molecular formula is C28H34N6O. The van der Waals surface area contributed by atoms with Crippen molar-refractivity contribution in [1.29, 1.82) is 0 Å². The Labute approximate surface area is 207 Å². The van der Waals surface area contributed by atoms with E-state index in [1.54, 1.807) is 12.4 Å². The highest BCUT2D eigenvalue weighted by Gasteiger charge is 2.15. The summed E-state index contributed by atoms with van der Waals surface area (Å²) in [6.07, 6.45) is 7.32. The number of aromatic nitrogens is 2. The molecule has 0 unspecified atom stereocenters. The van der Waals surface area contributed by atoms with Gasteiger partial charge in [-0.2, -0.15) is 0 Å². The molecule has 0 aliphatic carbocycles. The molecule has 3 aromatic rings. The number of para-hydroxylation sites is 1. The number of morpholine rings is 1. The van der Waals surface area contributed by atoms with Gasteiger partial charge < -0.3 is 15.8 Å². The number of ether oxygens (including phenoxy) is 1. The minimum atomic E-state index is 0.328. The van der Waals surface area contributed by atoms with Crippen molar-refractivity contribution in [1.82, 2.24) is 20.2 Å². The monoisotopic (exact) mass is 470 g/mol. The molecule has 2 saturated heterocycles. The summed E-state index contributed by atoms with van der Waals surface area (Å²) < 4.78 is 5.48. The predicted octanol–water partition coefficient (Wildman–Crippen LogP) is 3.56. The predicted molar refractivity (Wildman–Crippen MR) is 142 cm³/mol. The molecule has 0 saturated carbocycles. The molecule has 7 heteroatoms. The van der Waals surface area contributed by atoms with Crippen LogP contribution in [0.2, 0.25) is 0 Å². The lowest BCUT2D eigenvalue weighted by Gasteiger charge is -2.26. The zero-order valence-electron chi connectivity index (χ0n) is 20.4. The molecule has 182 valence electrons. The van der Waals surface area contributed by atoms with Crippen LogP contribution in [0.15, 0.2) is 53.8 Å². The Morgan fingerprint density at radius 2 is 2.00 bits per heavy atom.